The topological polar surface area (TPSA) is 21.3 Å². The predicted molar refractivity (Wildman–Crippen MR) is 56.0 cm³/mol. The Hall–Kier alpha value is -1.02. The molecular weight excluding hydrogens is 162 g/mol. The molecule has 0 bridgehead atoms. The molecule has 0 saturated carbocycles. The van der Waals surface area contributed by atoms with Gasteiger partial charge in [0.2, 0.25) is 0 Å². The molecule has 1 unspecified atom stereocenters. The van der Waals surface area contributed by atoms with E-state index < -0.39 is 0 Å². The summed E-state index contributed by atoms with van der Waals surface area (Å²) in [7, 11) is 1.70. The molecular formula is C11H17NO. The van der Waals surface area contributed by atoms with Gasteiger partial charge in [0.05, 0.1) is 0 Å². The molecule has 1 atom stereocenters. The fourth-order valence-corrected chi connectivity index (χ4v) is 1.30. The first-order valence-corrected chi connectivity index (χ1v) is 4.50. The van der Waals surface area contributed by atoms with E-state index in [9.17, 15) is 0 Å². The van der Waals surface area contributed by atoms with Crippen molar-refractivity contribution in [1.29, 1.82) is 0 Å². The molecule has 0 saturated heterocycles. The van der Waals surface area contributed by atoms with Gasteiger partial charge < -0.3 is 10.1 Å². The van der Waals surface area contributed by atoms with Crippen molar-refractivity contribution in [3.63, 3.8) is 0 Å². The number of methoxy groups -OCH3 is 1. The lowest BCUT2D eigenvalue weighted by Crippen LogP contribution is -2.18. The minimum Gasteiger partial charge on any atom is -0.362 e. The van der Waals surface area contributed by atoms with E-state index in [4.69, 9.17) is 4.74 Å². The first-order chi connectivity index (χ1) is 6.15. The number of para-hydroxylation sites is 1. The molecule has 0 aliphatic rings. The van der Waals surface area contributed by atoms with Crippen molar-refractivity contribution in [3.8, 4) is 0 Å². The van der Waals surface area contributed by atoms with Crippen molar-refractivity contribution < 1.29 is 4.74 Å². The van der Waals surface area contributed by atoms with Gasteiger partial charge in [0, 0.05) is 12.8 Å². The number of ether oxygens (including phenoxy) is 1. The summed E-state index contributed by atoms with van der Waals surface area (Å²) in [5.41, 5.74) is 3.68. The summed E-state index contributed by atoms with van der Waals surface area (Å²) in [6.45, 7) is 6.18. The Morgan fingerprint density at radius 1 is 1.23 bits per heavy atom. The van der Waals surface area contributed by atoms with Crippen LogP contribution in [0.3, 0.4) is 0 Å². The second-order valence-corrected chi connectivity index (χ2v) is 3.29. The number of aryl methyl sites for hydroxylation is 2. The number of hydrogen-bond donors (Lipinski definition) is 1. The van der Waals surface area contributed by atoms with Crippen LogP contribution < -0.4 is 5.32 Å². The first-order valence-electron chi connectivity index (χ1n) is 4.50. The van der Waals surface area contributed by atoms with Gasteiger partial charge >= 0.3 is 0 Å². The van der Waals surface area contributed by atoms with Gasteiger partial charge in [-0.05, 0) is 31.9 Å². The SMILES string of the molecule is COC(C)Nc1c(C)cccc1C. The van der Waals surface area contributed by atoms with E-state index in [0.29, 0.717) is 0 Å². The lowest BCUT2D eigenvalue weighted by Gasteiger charge is -2.17. The fraction of sp³-hybridized carbons (Fsp3) is 0.455. The van der Waals surface area contributed by atoms with E-state index in [1.807, 2.05) is 6.92 Å². The highest BCUT2D eigenvalue weighted by molar-refractivity contribution is 5.56. The summed E-state index contributed by atoms with van der Waals surface area (Å²) in [5, 5.41) is 3.31. The van der Waals surface area contributed by atoms with E-state index in [1.54, 1.807) is 7.11 Å². The Morgan fingerprint density at radius 3 is 2.23 bits per heavy atom. The van der Waals surface area contributed by atoms with Gasteiger partial charge in [0.1, 0.15) is 6.23 Å². The highest BCUT2D eigenvalue weighted by Crippen LogP contribution is 2.20. The molecule has 0 heterocycles. The summed E-state index contributed by atoms with van der Waals surface area (Å²) in [5.74, 6) is 0. The molecule has 72 valence electrons. The molecule has 0 aliphatic carbocycles. The van der Waals surface area contributed by atoms with Crippen molar-refractivity contribution >= 4 is 5.69 Å². The maximum Gasteiger partial charge on any atom is 0.124 e. The fourth-order valence-electron chi connectivity index (χ4n) is 1.30. The zero-order chi connectivity index (χ0) is 9.84. The molecule has 1 aromatic rings. The van der Waals surface area contributed by atoms with Crippen molar-refractivity contribution in [2.45, 2.75) is 27.0 Å². The molecule has 0 spiro atoms. The van der Waals surface area contributed by atoms with Gasteiger partial charge in [-0.1, -0.05) is 18.2 Å². The van der Waals surface area contributed by atoms with E-state index in [2.05, 4.69) is 37.4 Å². The molecule has 1 N–H and O–H groups in total. The predicted octanol–water partition coefficient (Wildman–Crippen LogP) is 2.71. The van der Waals surface area contributed by atoms with E-state index >= 15 is 0 Å². The third-order valence-electron chi connectivity index (χ3n) is 2.18. The molecule has 2 heteroatoms. The van der Waals surface area contributed by atoms with Crippen molar-refractivity contribution in [2.24, 2.45) is 0 Å². The molecule has 1 rings (SSSR count). The number of anilines is 1. The van der Waals surface area contributed by atoms with Gasteiger partial charge in [0.25, 0.3) is 0 Å². The minimum atomic E-state index is 0.0554. The van der Waals surface area contributed by atoms with Crippen LogP contribution in [0.25, 0.3) is 0 Å². The summed E-state index contributed by atoms with van der Waals surface area (Å²) in [4.78, 5) is 0. The van der Waals surface area contributed by atoms with Crippen LogP contribution in [-0.2, 0) is 4.74 Å². The summed E-state index contributed by atoms with van der Waals surface area (Å²) >= 11 is 0. The highest BCUT2D eigenvalue weighted by Gasteiger charge is 2.04. The van der Waals surface area contributed by atoms with Crippen LogP contribution in [0.5, 0.6) is 0 Å². The van der Waals surface area contributed by atoms with Crippen LogP contribution in [0, 0.1) is 13.8 Å². The quantitative estimate of drug-likeness (QED) is 0.720. The molecule has 1 aromatic carbocycles. The number of rotatable bonds is 3. The summed E-state index contributed by atoms with van der Waals surface area (Å²) < 4.78 is 5.15. The molecule has 0 aliphatic heterocycles. The second kappa shape index (κ2) is 4.28. The van der Waals surface area contributed by atoms with Crippen LogP contribution in [0.1, 0.15) is 18.1 Å². The van der Waals surface area contributed by atoms with Gasteiger partial charge in [0.15, 0.2) is 0 Å². The van der Waals surface area contributed by atoms with Crippen LogP contribution in [0.15, 0.2) is 18.2 Å². The average Bonchev–Trinajstić information content (AvgIpc) is 2.11. The van der Waals surface area contributed by atoms with Crippen LogP contribution >= 0.6 is 0 Å². The van der Waals surface area contributed by atoms with Crippen LogP contribution in [0.4, 0.5) is 5.69 Å². The molecule has 0 aromatic heterocycles. The van der Waals surface area contributed by atoms with Gasteiger partial charge in [-0.25, -0.2) is 0 Å². The maximum atomic E-state index is 5.15. The average molecular weight is 179 g/mol. The molecule has 0 radical (unpaired) electrons. The first kappa shape index (κ1) is 10.1. The number of hydrogen-bond acceptors (Lipinski definition) is 2. The summed E-state index contributed by atoms with van der Waals surface area (Å²) in [6, 6.07) is 6.25. The molecule has 0 amide bonds. The van der Waals surface area contributed by atoms with Gasteiger partial charge in [-0.2, -0.15) is 0 Å². The smallest absolute Gasteiger partial charge is 0.124 e. The van der Waals surface area contributed by atoms with Crippen LogP contribution in [0.2, 0.25) is 0 Å². The number of nitrogens with one attached hydrogen (secondary N) is 1. The Kier molecular flexibility index (Phi) is 3.32. The monoisotopic (exact) mass is 179 g/mol. The van der Waals surface area contributed by atoms with E-state index in [-0.39, 0.29) is 6.23 Å². The Morgan fingerprint density at radius 2 is 1.77 bits per heavy atom. The minimum absolute atomic E-state index is 0.0554. The zero-order valence-electron chi connectivity index (χ0n) is 8.72. The molecule has 13 heavy (non-hydrogen) atoms. The Labute approximate surface area is 79.9 Å². The van der Waals surface area contributed by atoms with E-state index in [1.165, 1.54) is 16.8 Å². The normalized spacial score (nSPS) is 12.6. The standard InChI is InChI=1S/C11H17NO/c1-8-6-5-7-9(2)11(8)12-10(3)13-4/h5-7,10,12H,1-4H3. The Bertz CT molecular complexity index is 263. The van der Waals surface area contributed by atoms with Crippen molar-refractivity contribution in [3.05, 3.63) is 29.3 Å². The summed E-state index contributed by atoms with van der Waals surface area (Å²) in [6.07, 6.45) is 0.0554. The van der Waals surface area contributed by atoms with Gasteiger partial charge in [-0.15, -0.1) is 0 Å². The second-order valence-electron chi connectivity index (χ2n) is 3.29. The number of benzene rings is 1. The van der Waals surface area contributed by atoms with Crippen LogP contribution in [-0.4, -0.2) is 13.3 Å². The molecule has 0 fully saturated rings. The highest BCUT2D eigenvalue weighted by atomic mass is 16.5. The third-order valence-corrected chi connectivity index (χ3v) is 2.18. The lowest BCUT2D eigenvalue weighted by atomic mass is 10.1. The largest absolute Gasteiger partial charge is 0.362 e. The molecule has 2 nitrogen and oxygen atoms in total. The third kappa shape index (κ3) is 2.46. The van der Waals surface area contributed by atoms with Gasteiger partial charge in [-0.3, -0.25) is 0 Å². The Balaban J connectivity index is 2.87. The van der Waals surface area contributed by atoms with Crippen molar-refractivity contribution in [1.82, 2.24) is 0 Å². The lowest BCUT2D eigenvalue weighted by molar-refractivity contribution is 0.141. The zero-order valence-corrected chi connectivity index (χ0v) is 8.72. The van der Waals surface area contributed by atoms with E-state index in [0.717, 1.165) is 0 Å². The maximum absolute atomic E-state index is 5.15. The van der Waals surface area contributed by atoms with Crippen molar-refractivity contribution in [2.75, 3.05) is 12.4 Å².